The maximum atomic E-state index is 4.70. The molecule has 1 aromatic rings. The zero-order valence-electron chi connectivity index (χ0n) is 9.44. The van der Waals surface area contributed by atoms with E-state index in [9.17, 15) is 0 Å². The molecular formula is C11H16N4S. The highest BCUT2D eigenvalue weighted by Gasteiger charge is 2.24. The van der Waals surface area contributed by atoms with Gasteiger partial charge in [-0.15, -0.1) is 0 Å². The summed E-state index contributed by atoms with van der Waals surface area (Å²) >= 11 is 2.00. The molecule has 0 spiro atoms. The number of thioether (sulfide) groups is 1. The van der Waals surface area contributed by atoms with Crippen molar-refractivity contribution in [2.75, 3.05) is 25.1 Å². The van der Waals surface area contributed by atoms with Gasteiger partial charge in [-0.05, 0) is 7.05 Å². The molecule has 1 fully saturated rings. The van der Waals surface area contributed by atoms with Gasteiger partial charge < -0.3 is 5.32 Å². The van der Waals surface area contributed by atoms with E-state index in [1.165, 1.54) is 17.0 Å². The minimum absolute atomic E-state index is 0.393. The van der Waals surface area contributed by atoms with E-state index in [2.05, 4.69) is 22.2 Å². The van der Waals surface area contributed by atoms with Gasteiger partial charge in [0.15, 0.2) is 0 Å². The lowest BCUT2D eigenvalue weighted by atomic mass is 10.2. The molecule has 2 aliphatic heterocycles. The third-order valence-electron chi connectivity index (χ3n) is 3.27. The SMILES string of the molecule is CN1CCSCC1c1ncc2c(n1)CNC2. The standard InChI is InChI=1S/C11H16N4S/c1-15-2-3-16-7-10(15)11-13-5-8-4-12-6-9(8)14-11/h5,10,12H,2-4,6-7H2,1H3. The molecule has 1 unspecified atom stereocenters. The van der Waals surface area contributed by atoms with E-state index in [-0.39, 0.29) is 0 Å². The van der Waals surface area contributed by atoms with Crippen LogP contribution in [-0.4, -0.2) is 40.0 Å². The number of nitrogens with one attached hydrogen (secondary N) is 1. The number of hydrogen-bond acceptors (Lipinski definition) is 5. The Labute approximate surface area is 99.8 Å². The maximum Gasteiger partial charge on any atom is 0.146 e. The Morgan fingerprint density at radius 3 is 3.31 bits per heavy atom. The van der Waals surface area contributed by atoms with Gasteiger partial charge in [-0.3, -0.25) is 4.90 Å². The average Bonchev–Trinajstić information content (AvgIpc) is 2.76. The molecule has 1 N–H and O–H groups in total. The molecule has 1 atom stereocenters. The van der Waals surface area contributed by atoms with Crippen molar-refractivity contribution in [2.45, 2.75) is 19.1 Å². The Morgan fingerprint density at radius 1 is 1.50 bits per heavy atom. The second kappa shape index (κ2) is 4.31. The summed E-state index contributed by atoms with van der Waals surface area (Å²) in [6.07, 6.45) is 1.99. The summed E-state index contributed by atoms with van der Waals surface area (Å²) in [4.78, 5) is 11.6. The molecule has 1 aromatic heterocycles. The molecule has 3 heterocycles. The van der Waals surface area contributed by atoms with Crippen LogP contribution in [0.5, 0.6) is 0 Å². The summed E-state index contributed by atoms with van der Waals surface area (Å²) in [6.45, 7) is 2.95. The van der Waals surface area contributed by atoms with Crippen LogP contribution >= 0.6 is 11.8 Å². The Balaban J connectivity index is 1.88. The van der Waals surface area contributed by atoms with Crippen molar-refractivity contribution in [2.24, 2.45) is 0 Å². The number of aromatic nitrogens is 2. The Hall–Kier alpha value is -0.650. The molecule has 86 valence electrons. The van der Waals surface area contributed by atoms with Crippen molar-refractivity contribution < 1.29 is 0 Å². The van der Waals surface area contributed by atoms with Crippen molar-refractivity contribution in [1.82, 2.24) is 20.2 Å². The van der Waals surface area contributed by atoms with Crippen molar-refractivity contribution in [3.63, 3.8) is 0 Å². The zero-order chi connectivity index (χ0) is 11.0. The molecule has 0 saturated carbocycles. The van der Waals surface area contributed by atoms with Crippen LogP contribution in [0, 0.1) is 0 Å². The molecule has 0 aliphatic carbocycles. The van der Waals surface area contributed by atoms with Gasteiger partial charge in [-0.1, -0.05) is 0 Å². The third kappa shape index (κ3) is 1.83. The monoisotopic (exact) mass is 236 g/mol. The van der Waals surface area contributed by atoms with E-state index < -0.39 is 0 Å². The van der Waals surface area contributed by atoms with Crippen molar-refractivity contribution in [1.29, 1.82) is 0 Å². The highest BCUT2D eigenvalue weighted by atomic mass is 32.2. The van der Waals surface area contributed by atoms with Gasteiger partial charge in [-0.2, -0.15) is 11.8 Å². The summed E-state index contributed by atoms with van der Waals surface area (Å²) in [5.74, 6) is 3.33. The fraction of sp³-hybridized carbons (Fsp3) is 0.636. The normalized spacial score (nSPS) is 25.7. The first kappa shape index (κ1) is 10.5. The first-order valence-corrected chi connectivity index (χ1v) is 6.83. The van der Waals surface area contributed by atoms with Gasteiger partial charge in [0.05, 0.1) is 11.7 Å². The van der Waals surface area contributed by atoms with Gasteiger partial charge in [-0.25, -0.2) is 9.97 Å². The molecule has 0 aromatic carbocycles. The number of fused-ring (bicyclic) bond motifs is 1. The van der Waals surface area contributed by atoms with Crippen molar-refractivity contribution >= 4 is 11.8 Å². The quantitative estimate of drug-likeness (QED) is 0.781. The van der Waals surface area contributed by atoms with Crippen molar-refractivity contribution in [3.8, 4) is 0 Å². The molecule has 1 saturated heterocycles. The highest BCUT2D eigenvalue weighted by molar-refractivity contribution is 7.99. The van der Waals surface area contributed by atoms with E-state index in [4.69, 9.17) is 4.98 Å². The molecule has 3 rings (SSSR count). The van der Waals surface area contributed by atoms with Gasteiger partial charge in [0.25, 0.3) is 0 Å². The van der Waals surface area contributed by atoms with Crippen LogP contribution in [0.15, 0.2) is 6.20 Å². The lowest BCUT2D eigenvalue weighted by molar-refractivity contribution is 0.264. The predicted molar refractivity (Wildman–Crippen MR) is 65.3 cm³/mol. The van der Waals surface area contributed by atoms with Gasteiger partial charge in [0.1, 0.15) is 5.82 Å². The third-order valence-corrected chi connectivity index (χ3v) is 4.30. The second-order valence-electron chi connectivity index (χ2n) is 4.38. The van der Waals surface area contributed by atoms with Crippen LogP contribution in [0.3, 0.4) is 0 Å². The van der Waals surface area contributed by atoms with Crippen LogP contribution in [-0.2, 0) is 13.1 Å². The summed E-state index contributed by atoms with van der Waals surface area (Å²) < 4.78 is 0. The van der Waals surface area contributed by atoms with E-state index >= 15 is 0 Å². The Morgan fingerprint density at radius 2 is 2.44 bits per heavy atom. The molecule has 5 heteroatoms. The smallest absolute Gasteiger partial charge is 0.146 e. The number of rotatable bonds is 1. The topological polar surface area (TPSA) is 41.1 Å². The fourth-order valence-electron chi connectivity index (χ4n) is 2.19. The van der Waals surface area contributed by atoms with Crippen LogP contribution in [0.1, 0.15) is 23.1 Å². The summed E-state index contributed by atoms with van der Waals surface area (Å²) in [6, 6.07) is 0.393. The lowest BCUT2D eigenvalue weighted by Gasteiger charge is -2.30. The minimum Gasteiger partial charge on any atom is -0.307 e. The first-order valence-electron chi connectivity index (χ1n) is 5.68. The molecule has 0 bridgehead atoms. The van der Waals surface area contributed by atoms with Crippen LogP contribution in [0.25, 0.3) is 0 Å². The Kier molecular flexibility index (Phi) is 2.83. The molecule has 2 aliphatic rings. The minimum atomic E-state index is 0.393. The summed E-state index contributed by atoms with van der Waals surface area (Å²) in [7, 11) is 2.17. The van der Waals surface area contributed by atoms with E-state index in [1.807, 2.05) is 18.0 Å². The van der Waals surface area contributed by atoms with E-state index in [1.54, 1.807) is 0 Å². The first-order chi connectivity index (χ1) is 7.84. The molecule has 0 radical (unpaired) electrons. The fourth-order valence-corrected chi connectivity index (χ4v) is 3.40. The lowest BCUT2D eigenvalue weighted by Crippen LogP contribution is -2.34. The van der Waals surface area contributed by atoms with Gasteiger partial charge in [0, 0.05) is 42.9 Å². The summed E-state index contributed by atoms with van der Waals surface area (Å²) in [5, 5.41) is 3.31. The van der Waals surface area contributed by atoms with Gasteiger partial charge >= 0.3 is 0 Å². The predicted octanol–water partition coefficient (Wildman–Crippen LogP) is 0.799. The van der Waals surface area contributed by atoms with Crippen LogP contribution in [0.4, 0.5) is 0 Å². The van der Waals surface area contributed by atoms with E-state index in [0.29, 0.717) is 6.04 Å². The molecule has 0 amide bonds. The molecule has 4 nitrogen and oxygen atoms in total. The van der Waals surface area contributed by atoms with Crippen LogP contribution < -0.4 is 5.32 Å². The van der Waals surface area contributed by atoms with Gasteiger partial charge in [0.2, 0.25) is 0 Å². The zero-order valence-corrected chi connectivity index (χ0v) is 10.3. The Bertz CT molecular complexity index is 396. The number of hydrogen-bond donors (Lipinski definition) is 1. The maximum absolute atomic E-state index is 4.70. The second-order valence-corrected chi connectivity index (χ2v) is 5.52. The number of nitrogens with zero attached hydrogens (tertiary/aromatic N) is 3. The largest absolute Gasteiger partial charge is 0.307 e. The summed E-state index contributed by atoms with van der Waals surface area (Å²) in [5.41, 5.74) is 2.45. The molecule has 16 heavy (non-hydrogen) atoms. The van der Waals surface area contributed by atoms with Crippen molar-refractivity contribution in [3.05, 3.63) is 23.3 Å². The van der Waals surface area contributed by atoms with Crippen LogP contribution in [0.2, 0.25) is 0 Å². The van der Waals surface area contributed by atoms with E-state index in [0.717, 1.165) is 31.2 Å². The average molecular weight is 236 g/mol. The molecular weight excluding hydrogens is 220 g/mol. The highest BCUT2D eigenvalue weighted by Crippen LogP contribution is 2.26.